The van der Waals surface area contributed by atoms with Gasteiger partial charge >= 0.3 is 0 Å². The average molecular weight is 183 g/mol. The van der Waals surface area contributed by atoms with E-state index in [2.05, 4.69) is 10.4 Å². The van der Waals surface area contributed by atoms with Crippen molar-refractivity contribution < 1.29 is 9.47 Å². The Bertz CT molecular complexity index is 278. The van der Waals surface area contributed by atoms with E-state index in [1.807, 2.05) is 0 Å². The monoisotopic (exact) mass is 183 g/mol. The molecular formula is C8H13N3O2. The summed E-state index contributed by atoms with van der Waals surface area (Å²) in [6, 6.07) is 1.78. The lowest BCUT2D eigenvalue weighted by molar-refractivity contribution is 0.383. The largest absolute Gasteiger partial charge is 0.495 e. The number of aromatic nitrogens is 1. The van der Waals surface area contributed by atoms with Crippen molar-refractivity contribution in [3.8, 4) is 11.6 Å². The standard InChI is InChI=1S/C8H13N3O2/c1-12-7-5-10-8(13-2)3-6(7)4-11-9/h3,5,11H,4,9H2,1-2H3. The molecule has 1 heterocycles. The number of methoxy groups -OCH3 is 2. The van der Waals surface area contributed by atoms with Crippen LogP contribution in [0.4, 0.5) is 0 Å². The first-order chi connectivity index (χ1) is 6.31. The fourth-order valence-electron chi connectivity index (χ4n) is 1.01. The second-order valence-electron chi connectivity index (χ2n) is 2.42. The van der Waals surface area contributed by atoms with Crippen LogP contribution in [0.1, 0.15) is 5.56 Å². The topological polar surface area (TPSA) is 69.4 Å². The molecule has 0 amide bonds. The number of nitrogens with two attached hydrogens (primary N) is 1. The summed E-state index contributed by atoms with van der Waals surface area (Å²) >= 11 is 0. The van der Waals surface area contributed by atoms with E-state index in [1.54, 1.807) is 26.5 Å². The smallest absolute Gasteiger partial charge is 0.213 e. The molecule has 0 aliphatic carbocycles. The second-order valence-corrected chi connectivity index (χ2v) is 2.42. The van der Waals surface area contributed by atoms with Gasteiger partial charge in [0, 0.05) is 18.2 Å². The van der Waals surface area contributed by atoms with Crippen LogP contribution in [-0.4, -0.2) is 19.2 Å². The lowest BCUT2D eigenvalue weighted by atomic mass is 10.2. The minimum Gasteiger partial charge on any atom is -0.495 e. The number of rotatable bonds is 4. The molecule has 5 nitrogen and oxygen atoms in total. The van der Waals surface area contributed by atoms with Gasteiger partial charge in [-0.2, -0.15) is 0 Å². The van der Waals surface area contributed by atoms with Crippen LogP contribution in [0.2, 0.25) is 0 Å². The lowest BCUT2D eigenvalue weighted by Gasteiger charge is -2.08. The van der Waals surface area contributed by atoms with Crippen molar-refractivity contribution in [2.24, 2.45) is 5.84 Å². The highest BCUT2D eigenvalue weighted by atomic mass is 16.5. The molecule has 0 atom stereocenters. The highest BCUT2D eigenvalue weighted by Gasteiger charge is 2.04. The summed E-state index contributed by atoms with van der Waals surface area (Å²) in [6.45, 7) is 0.516. The van der Waals surface area contributed by atoms with E-state index in [-0.39, 0.29) is 0 Å². The van der Waals surface area contributed by atoms with E-state index >= 15 is 0 Å². The van der Waals surface area contributed by atoms with Gasteiger partial charge in [-0.25, -0.2) is 4.98 Å². The summed E-state index contributed by atoms with van der Waals surface area (Å²) < 4.78 is 10.0. The van der Waals surface area contributed by atoms with Gasteiger partial charge in [-0.3, -0.25) is 11.3 Å². The number of nitrogens with one attached hydrogen (secondary N) is 1. The third kappa shape index (κ3) is 2.30. The van der Waals surface area contributed by atoms with Gasteiger partial charge < -0.3 is 9.47 Å². The zero-order valence-corrected chi connectivity index (χ0v) is 7.70. The average Bonchev–Trinajstić information content (AvgIpc) is 2.18. The van der Waals surface area contributed by atoms with Gasteiger partial charge in [0.2, 0.25) is 5.88 Å². The third-order valence-corrected chi connectivity index (χ3v) is 1.64. The molecule has 0 bridgehead atoms. The third-order valence-electron chi connectivity index (χ3n) is 1.64. The Kier molecular flexibility index (Phi) is 3.48. The quantitative estimate of drug-likeness (QED) is 0.510. The van der Waals surface area contributed by atoms with Crippen molar-refractivity contribution in [2.75, 3.05) is 14.2 Å². The van der Waals surface area contributed by atoms with Gasteiger partial charge in [0.05, 0.1) is 20.4 Å². The van der Waals surface area contributed by atoms with Gasteiger partial charge in [-0.15, -0.1) is 0 Å². The van der Waals surface area contributed by atoms with E-state index < -0.39 is 0 Å². The van der Waals surface area contributed by atoms with Crippen molar-refractivity contribution in [3.05, 3.63) is 17.8 Å². The van der Waals surface area contributed by atoms with E-state index in [4.69, 9.17) is 15.3 Å². The summed E-state index contributed by atoms with van der Waals surface area (Å²) in [7, 11) is 3.15. The number of nitrogens with zero attached hydrogens (tertiary/aromatic N) is 1. The Morgan fingerprint density at radius 2 is 2.23 bits per heavy atom. The highest BCUT2D eigenvalue weighted by molar-refractivity contribution is 5.34. The van der Waals surface area contributed by atoms with Crippen molar-refractivity contribution >= 4 is 0 Å². The summed E-state index contributed by atoms with van der Waals surface area (Å²) in [5, 5.41) is 0. The second kappa shape index (κ2) is 4.64. The highest BCUT2D eigenvalue weighted by Crippen LogP contribution is 2.20. The van der Waals surface area contributed by atoms with Gasteiger partial charge in [0.25, 0.3) is 0 Å². The van der Waals surface area contributed by atoms with Crippen molar-refractivity contribution in [1.29, 1.82) is 0 Å². The van der Waals surface area contributed by atoms with Crippen LogP contribution in [-0.2, 0) is 6.54 Å². The summed E-state index contributed by atoms with van der Waals surface area (Å²) in [5.41, 5.74) is 3.46. The number of ether oxygens (including phenoxy) is 2. The minimum atomic E-state index is 0.516. The van der Waals surface area contributed by atoms with Crippen molar-refractivity contribution in [2.45, 2.75) is 6.54 Å². The zero-order chi connectivity index (χ0) is 9.68. The fraction of sp³-hybridized carbons (Fsp3) is 0.375. The number of hydrazine groups is 1. The van der Waals surface area contributed by atoms with Crippen LogP contribution in [0.3, 0.4) is 0 Å². The van der Waals surface area contributed by atoms with Gasteiger partial charge in [-0.1, -0.05) is 0 Å². The maximum absolute atomic E-state index is 5.21. The molecule has 0 saturated heterocycles. The number of hydrogen-bond acceptors (Lipinski definition) is 5. The molecule has 0 aromatic carbocycles. The Hall–Kier alpha value is -1.33. The molecule has 0 unspecified atom stereocenters. The molecule has 0 aliphatic heterocycles. The van der Waals surface area contributed by atoms with Crippen LogP contribution in [0.5, 0.6) is 11.6 Å². The molecule has 13 heavy (non-hydrogen) atoms. The molecule has 5 heteroatoms. The molecule has 1 aromatic rings. The first kappa shape index (κ1) is 9.76. The van der Waals surface area contributed by atoms with Crippen LogP contribution in [0.15, 0.2) is 12.3 Å². The van der Waals surface area contributed by atoms with Gasteiger partial charge in [-0.05, 0) is 0 Å². The summed E-state index contributed by atoms with van der Waals surface area (Å²) in [5.74, 6) is 6.45. The van der Waals surface area contributed by atoms with Crippen LogP contribution >= 0.6 is 0 Å². The molecule has 0 radical (unpaired) electrons. The Labute approximate surface area is 76.8 Å². The SMILES string of the molecule is COc1cc(CNN)c(OC)cn1. The summed E-state index contributed by atoms with van der Waals surface area (Å²) in [6.07, 6.45) is 1.60. The number of pyridine rings is 1. The van der Waals surface area contributed by atoms with Crippen LogP contribution in [0.25, 0.3) is 0 Å². The fourth-order valence-corrected chi connectivity index (χ4v) is 1.01. The molecule has 0 saturated carbocycles. The molecule has 1 rings (SSSR count). The first-order valence-corrected chi connectivity index (χ1v) is 3.82. The molecule has 72 valence electrons. The Morgan fingerprint density at radius 3 is 2.77 bits per heavy atom. The normalized spacial score (nSPS) is 9.77. The molecule has 0 aliphatic rings. The summed E-state index contributed by atoms with van der Waals surface area (Å²) in [4.78, 5) is 4.00. The van der Waals surface area contributed by atoms with E-state index in [9.17, 15) is 0 Å². The first-order valence-electron chi connectivity index (χ1n) is 3.82. The zero-order valence-electron chi connectivity index (χ0n) is 7.70. The van der Waals surface area contributed by atoms with Gasteiger partial charge in [0.1, 0.15) is 5.75 Å². The molecular weight excluding hydrogens is 170 g/mol. The Morgan fingerprint density at radius 1 is 1.46 bits per heavy atom. The molecule has 3 N–H and O–H groups in total. The lowest BCUT2D eigenvalue weighted by Crippen LogP contribution is -2.21. The maximum Gasteiger partial charge on any atom is 0.213 e. The van der Waals surface area contributed by atoms with E-state index in [1.165, 1.54) is 0 Å². The van der Waals surface area contributed by atoms with Gasteiger partial charge in [0.15, 0.2) is 0 Å². The van der Waals surface area contributed by atoms with Crippen LogP contribution in [0, 0.1) is 0 Å². The van der Waals surface area contributed by atoms with E-state index in [0.29, 0.717) is 18.2 Å². The maximum atomic E-state index is 5.21. The van der Waals surface area contributed by atoms with E-state index in [0.717, 1.165) is 5.56 Å². The van der Waals surface area contributed by atoms with Crippen LogP contribution < -0.4 is 20.7 Å². The van der Waals surface area contributed by atoms with Crippen molar-refractivity contribution in [3.63, 3.8) is 0 Å². The molecule has 0 fully saturated rings. The predicted octanol–water partition coefficient (Wildman–Crippen LogP) is 0.0621. The molecule has 1 aromatic heterocycles. The molecule has 0 spiro atoms. The van der Waals surface area contributed by atoms with Crippen molar-refractivity contribution in [1.82, 2.24) is 10.4 Å². The number of hydrogen-bond donors (Lipinski definition) is 2. The Balaban J connectivity index is 2.95. The predicted molar refractivity (Wildman–Crippen MR) is 48.4 cm³/mol. The minimum absolute atomic E-state index is 0.516.